The molecule has 2 amide bonds. The zero-order chi connectivity index (χ0) is 23.2. The molecule has 0 aliphatic carbocycles. The van der Waals surface area contributed by atoms with Crippen molar-refractivity contribution in [2.24, 2.45) is 7.05 Å². The van der Waals surface area contributed by atoms with E-state index in [1.165, 1.54) is 23.4 Å². The summed E-state index contributed by atoms with van der Waals surface area (Å²) in [6, 6.07) is 6.84. The van der Waals surface area contributed by atoms with E-state index < -0.39 is 23.2 Å². The van der Waals surface area contributed by atoms with Crippen LogP contribution in [0.4, 0.5) is 10.7 Å². The van der Waals surface area contributed by atoms with Gasteiger partial charge in [0, 0.05) is 40.2 Å². The van der Waals surface area contributed by atoms with Gasteiger partial charge in [0.25, 0.3) is 5.56 Å². The maximum Gasteiger partial charge on any atom is 0.407 e. The van der Waals surface area contributed by atoms with Crippen LogP contribution in [0.15, 0.2) is 33.9 Å². The normalized spacial score (nSPS) is 14.1. The van der Waals surface area contributed by atoms with Crippen molar-refractivity contribution in [3.8, 4) is 5.69 Å². The molecule has 2 N–H and O–H groups in total. The number of amides is 2. The molecule has 1 saturated heterocycles. The van der Waals surface area contributed by atoms with Gasteiger partial charge in [-0.15, -0.1) is 0 Å². The smallest absolute Gasteiger partial charge is 0.407 e. The molecule has 0 saturated carbocycles. The molecule has 1 aliphatic rings. The average molecular weight is 462 g/mol. The number of aromatic nitrogens is 4. The summed E-state index contributed by atoms with van der Waals surface area (Å²) in [5.74, 6) is -0.212. The van der Waals surface area contributed by atoms with Gasteiger partial charge in [0.05, 0.1) is 10.7 Å². The van der Waals surface area contributed by atoms with E-state index in [1.807, 2.05) is 4.90 Å². The number of para-hydroxylation sites is 1. The first-order chi connectivity index (χ1) is 15.2. The third kappa shape index (κ3) is 3.47. The number of carbonyl (C=O) groups excluding carboxylic acids is 1. The lowest BCUT2D eigenvalue weighted by atomic mass is 10.3. The molecule has 3 aromatic rings. The molecule has 0 radical (unpaired) electrons. The Morgan fingerprint density at radius 3 is 2.38 bits per heavy atom. The van der Waals surface area contributed by atoms with Crippen molar-refractivity contribution in [2.75, 3.05) is 36.5 Å². The first-order valence-electron chi connectivity index (χ1n) is 9.70. The maximum atomic E-state index is 13.2. The number of fused-ring (bicyclic) bond motifs is 1. The number of benzene rings is 1. The van der Waals surface area contributed by atoms with Crippen LogP contribution >= 0.6 is 11.6 Å². The molecule has 0 atom stereocenters. The Bertz CT molecular complexity index is 1350. The fraction of sp³-hybridized carbons (Fsp3) is 0.316. The second-order valence-corrected chi connectivity index (χ2v) is 7.68. The lowest BCUT2D eigenvalue weighted by Gasteiger charge is -2.34. The van der Waals surface area contributed by atoms with Gasteiger partial charge >= 0.3 is 11.8 Å². The Balaban J connectivity index is 2.02. The molecule has 168 valence electrons. The molecule has 13 heteroatoms. The molecule has 0 spiro atoms. The van der Waals surface area contributed by atoms with E-state index in [0.29, 0.717) is 29.7 Å². The van der Waals surface area contributed by atoms with E-state index in [2.05, 4.69) is 10.4 Å². The maximum absolute atomic E-state index is 13.2. The van der Waals surface area contributed by atoms with Crippen LogP contribution in [0.1, 0.15) is 6.92 Å². The van der Waals surface area contributed by atoms with Crippen LogP contribution in [0.25, 0.3) is 16.9 Å². The zero-order valence-electron chi connectivity index (χ0n) is 17.3. The van der Waals surface area contributed by atoms with Crippen LogP contribution in [-0.4, -0.2) is 67.0 Å². The van der Waals surface area contributed by atoms with Crippen molar-refractivity contribution < 1.29 is 14.7 Å². The van der Waals surface area contributed by atoms with Crippen LogP contribution in [0.5, 0.6) is 0 Å². The minimum Gasteiger partial charge on any atom is -0.465 e. The molecular weight excluding hydrogens is 442 g/mol. The van der Waals surface area contributed by atoms with Crippen LogP contribution in [0.3, 0.4) is 0 Å². The van der Waals surface area contributed by atoms with Gasteiger partial charge in [0.2, 0.25) is 11.9 Å². The lowest BCUT2D eigenvalue weighted by Crippen LogP contribution is -2.49. The highest BCUT2D eigenvalue weighted by atomic mass is 35.5. The fourth-order valence-electron chi connectivity index (χ4n) is 3.66. The van der Waals surface area contributed by atoms with Crippen LogP contribution in [0, 0.1) is 0 Å². The number of nitrogens with one attached hydrogen (secondary N) is 1. The summed E-state index contributed by atoms with van der Waals surface area (Å²) >= 11 is 6.44. The third-order valence-corrected chi connectivity index (χ3v) is 5.55. The zero-order valence-corrected chi connectivity index (χ0v) is 18.0. The van der Waals surface area contributed by atoms with Crippen molar-refractivity contribution in [2.45, 2.75) is 6.92 Å². The van der Waals surface area contributed by atoms with Gasteiger partial charge in [0.15, 0.2) is 11.2 Å². The summed E-state index contributed by atoms with van der Waals surface area (Å²) in [6.45, 7) is 2.32. The Labute approximate surface area is 185 Å². The van der Waals surface area contributed by atoms with Gasteiger partial charge in [0.1, 0.15) is 0 Å². The number of piperazine rings is 1. The summed E-state index contributed by atoms with van der Waals surface area (Å²) in [4.78, 5) is 56.5. The highest BCUT2D eigenvalue weighted by molar-refractivity contribution is 6.32. The van der Waals surface area contributed by atoms with Crippen LogP contribution in [0.2, 0.25) is 5.02 Å². The van der Waals surface area contributed by atoms with E-state index in [9.17, 15) is 24.3 Å². The number of hydrogen-bond donors (Lipinski definition) is 2. The monoisotopic (exact) mass is 461 g/mol. The highest BCUT2D eigenvalue weighted by Gasteiger charge is 2.29. The lowest BCUT2D eigenvalue weighted by molar-refractivity contribution is -0.115. The minimum atomic E-state index is -1.02. The first-order valence-corrected chi connectivity index (χ1v) is 10.1. The Morgan fingerprint density at radius 2 is 1.78 bits per heavy atom. The Hall–Kier alpha value is -3.80. The number of halogens is 1. The number of carboxylic acid groups (broad SMARTS) is 1. The molecule has 12 nitrogen and oxygen atoms in total. The minimum absolute atomic E-state index is 0.0381. The average Bonchev–Trinajstić information content (AvgIpc) is 3.15. The van der Waals surface area contributed by atoms with Crippen molar-refractivity contribution >= 4 is 40.7 Å². The quantitative estimate of drug-likeness (QED) is 0.577. The van der Waals surface area contributed by atoms with Gasteiger partial charge in [-0.25, -0.2) is 9.59 Å². The SMILES string of the molecule is CC(=O)Nn1c(=O)n(C)c(=O)c2c1nc(N1CCN(C(=O)O)CC1)n2-c1ccccc1Cl. The number of imidazole rings is 1. The van der Waals surface area contributed by atoms with Gasteiger partial charge in [-0.1, -0.05) is 23.7 Å². The molecule has 0 bridgehead atoms. The Kier molecular flexibility index (Phi) is 5.38. The van der Waals surface area contributed by atoms with E-state index in [0.717, 1.165) is 9.24 Å². The predicted molar refractivity (Wildman–Crippen MR) is 117 cm³/mol. The molecule has 2 aromatic heterocycles. The number of rotatable bonds is 3. The molecule has 1 fully saturated rings. The number of nitrogens with zero attached hydrogens (tertiary/aromatic N) is 6. The molecule has 0 unspecified atom stereocenters. The summed E-state index contributed by atoms with van der Waals surface area (Å²) in [6.07, 6.45) is -1.02. The topological polar surface area (TPSA) is 135 Å². The summed E-state index contributed by atoms with van der Waals surface area (Å²) in [7, 11) is 1.30. The number of hydrogen-bond acceptors (Lipinski definition) is 6. The molecule has 3 heterocycles. The molecular formula is C19H20ClN7O5. The van der Waals surface area contributed by atoms with Gasteiger partial charge in [-0.2, -0.15) is 9.66 Å². The highest BCUT2D eigenvalue weighted by Crippen LogP contribution is 2.29. The van der Waals surface area contributed by atoms with E-state index in [1.54, 1.807) is 24.3 Å². The van der Waals surface area contributed by atoms with E-state index >= 15 is 0 Å². The number of carbonyl (C=O) groups is 2. The van der Waals surface area contributed by atoms with E-state index in [4.69, 9.17) is 11.6 Å². The second kappa shape index (κ2) is 8.04. The van der Waals surface area contributed by atoms with Gasteiger partial charge in [-0.05, 0) is 12.1 Å². The summed E-state index contributed by atoms with van der Waals surface area (Å²) in [5, 5.41) is 9.59. The third-order valence-electron chi connectivity index (χ3n) is 5.23. The van der Waals surface area contributed by atoms with Crippen molar-refractivity contribution in [3.05, 3.63) is 50.1 Å². The van der Waals surface area contributed by atoms with Crippen LogP contribution in [-0.2, 0) is 11.8 Å². The van der Waals surface area contributed by atoms with E-state index in [-0.39, 0.29) is 24.3 Å². The van der Waals surface area contributed by atoms with Gasteiger partial charge in [-0.3, -0.25) is 24.1 Å². The van der Waals surface area contributed by atoms with Crippen molar-refractivity contribution in [1.82, 2.24) is 23.7 Å². The van der Waals surface area contributed by atoms with Gasteiger partial charge < -0.3 is 14.9 Å². The molecule has 32 heavy (non-hydrogen) atoms. The molecule has 4 rings (SSSR count). The first kappa shape index (κ1) is 21.4. The summed E-state index contributed by atoms with van der Waals surface area (Å²) in [5.41, 5.74) is 1.50. The number of anilines is 1. The van der Waals surface area contributed by atoms with Crippen molar-refractivity contribution in [1.29, 1.82) is 0 Å². The summed E-state index contributed by atoms with van der Waals surface area (Å²) < 4.78 is 3.33. The largest absolute Gasteiger partial charge is 0.465 e. The molecule has 1 aliphatic heterocycles. The second-order valence-electron chi connectivity index (χ2n) is 7.28. The standard InChI is InChI=1S/C19H20ClN7O5/c1-11(28)22-27-15-14(16(29)23(2)18(27)30)26(13-6-4-3-5-12(13)20)17(21-15)24-7-9-25(10-8-24)19(31)32/h3-6H,7-10H2,1-2H3,(H,22,28)(H,31,32). The predicted octanol–water partition coefficient (Wildman–Crippen LogP) is 0.429. The van der Waals surface area contributed by atoms with Crippen molar-refractivity contribution in [3.63, 3.8) is 0 Å². The Morgan fingerprint density at radius 1 is 1.12 bits per heavy atom. The fourth-order valence-corrected chi connectivity index (χ4v) is 3.88. The van der Waals surface area contributed by atoms with Crippen LogP contribution < -0.4 is 21.6 Å². The molecule has 1 aromatic carbocycles.